The Labute approximate surface area is 127 Å². The molecule has 0 atom stereocenters. The quantitative estimate of drug-likeness (QED) is 0.826. The molecule has 1 fully saturated rings. The maximum absolute atomic E-state index is 12.6. The van der Waals surface area contributed by atoms with Crippen LogP contribution in [-0.4, -0.2) is 34.4 Å². The number of halogens is 1. The fraction of sp³-hybridized carbons (Fsp3) is 0.571. The zero-order valence-electron chi connectivity index (χ0n) is 11.6. The van der Waals surface area contributed by atoms with E-state index in [1.54, 1.807) is 4.90 Å². The highest BCUT2D eigenvalue weighted by molar-refractivity contribution is 9.10. The molecule has 0 unspecified atom stereocenters. The second kappa shape index (κ2) is 6.43. The Kier molecular flexibility index (Phi) is 4.86. The molecule has 2 amide bonds. The number of primary amides is 1. The van der Waals surface area contributed by atoms with Crippen molar-refractivity contribution in [3.05, 3.63) is 22.4 Å². The summed E-state index contributed by atoms with van der Waals surface area (Å²) in [5.41, 5.74) is 5.88. The number of hydrogen-bond acceptors (Lipinski definition) is 2. The van der Waals surface area contributed by atoms with Gasteiger partial charge in [-0.2, -0.15) is 0 Å². The van der Waals surface area contributed by atoms with Gasteiger partial charge in [0.1, 0.15) is 5.69 Å². The van der Waals surface area contributed by atoms with Crippen LogP contribution in [0.2, 0.25) is 0 Å². The maximum Gasteiger partial charge on any atom is 0.270 e. The van der Waals surface area contributed by atoms with E-state index in [-0.39, 0.29) is 12.5 Å². The number of hydrogen-bond donors (Lipinski definition) is 1. The van der Waals surface area contributed by atoms with Gasteiger partial charge in [0.05, 0.1) is 6.54 Å². The molecule has 20 heavy (non-hydrogen) atoms. The molecule has 0 saturated heterocycles. The molecule has 5 nitrogen and oxygen atoms in total. The molecule has 1 aliphatic rings. The summed E-state index contributed by atoms with van der Waals surface area (Å²) in [7, 11) is 0. The molecule has 1 saturated carbocycles. The number of rotatable bonds is 7. The van der Waals surface area contributed by atoms with Crippen molar-refractivity contribution in [3.8, 4) is 0 Å². The largest absolute Gasteiger partial charge is 0.368 e. The number of nitrogens with zero attached hydrogens (tertiary/aromatic N) is 2. The van der Waals surface area contributed by atoms with E-state index in [0.717, 1.165) is 30.2 Å². The number of amides is 2. The Bertz CT molecular complexity index is 509. The normalized spacial score (nSPS) is 14.3. The van der Waals surface area contributed by atoms with Crippen LogP contribution >= 0.6 is 15.9 Å². The lowest BCUT2D eigenvalue weighted by Crippen LogP contribution is -2.39. The lowest BCUT2D eigenvalue weighted by Gasteiger charge is -2.21. The fourth-order valence-electron chi connectivity index (χ4n) is 2.22. The topological polar surface area (TPSA) is 68.3 Å². The Morgan fingerprint density at radius 1 is 1.50 bits per heavy atom. The molecular weight excluding hydrogens is 322 g/mol. The number of carbonyl (C=O) groups is 2. The summed E-state index contributed by atoms with van der Waals surface area (Å²) in [5, 5.41) is 0. The predicted molar refractivity (Wildman–Crippen MR) is 80.4 cm³/mol. The molecule has 110 valence electrons. The molecule has 0 aliphatic heterocycles. The molecule has 1 aromatic rings. The third-order valence-electron chi connectivity index (χ3n) is 3.39. The standard InChI is InChI=1S/C14H20BrN3O2/c1-2-3-6-17(9-13(16)19)14(20)12-7-10(15)8-18(12)11-4-5-11/h7-8,11H,2-6,9H2,1H3,(H2,16,19). The van der Waals surface area contributed by atoms with Crippen LogP contribution in [0, 0.1) is 0 Å². The van der Waals surface area contributed by atoms with Crippen molar-refractivity contribution in [1.29, 1.82) is 0 Å². The van der Waals surface area contributed by atoms with Crippen molar-refractivity contribution in [1.82, 2.24) is 9.47 Å². The van der Waals surface area contributed by atoms with Gasteiger partial charge in [0, 0.05) is 23.3 Å². The molecule has 1 aromatic heterocycles. The molecular formula is C14H20BrN3O2. The van der Waals surface area contributed by atoms with Gasteiger partial charge in [-0.1, -0.05) is 13.3 Å². The van der Waals surface area contributed by atoms with Crippen molar-refractivity contribution in [2.24, 2.45) is 5.73 Å². The zero-order valence-corrected chi connectivity index (χ0v) is 13.2. The lowest BCUT2D eigenvalue weighted by atomic mass is 10.2. The first-order valence-corrected chi connectivity index (χ1v) is 7.77. The highest BCUT2D eigenvalue weighted by Gasteiger charge is 2.29. The summed E-state index contributed by atoms with van der Waals surface area (Å²) < 4.78 is 2.90. The molecule has 0 aromatic carbocycles. The Balaban J connectivity index is 2.19. The van der Waals surface area contributed by atoms with Gasteiger partial charge >= 0.3 is 0 Å². The predicted octanol–water partition coefficient (Wildman–Crippen LogP) is 2.31. The van der Waals surface area contributed by atoms with E-state index in [0.29, 0.717) is 18.3 Å². The summed E-state index contributed by atoms with van der Waals surface area (Å²) in [6, 6.07) is 2.24. The van der Waals surface area contributed by atoms with Gasteiger partial charge in [0.25, 0.3) is 5.91 Å². The number of carbonyl (C=O) groups excluding carboxylic acids is 2. The molecule has 0 spiro atoms. The minimum atomic E-state index is -0.474. The minimum Gasteiger partial charge on any atom is -0.368 e. The zero-order chi connectivity index (χ0) is 14.7. The first kappa shape index (κ1) is 15.1. The van der Waals surface area contributed by atoms with Crippen molar-refractivity contribution in [2.45, 2.75) is 38.6 Å². The van der Waals surface area contributed by atoms with Crippen LogP contribution in [-0.2, 0) is 4.79 Å². The molecule has 1 heterocycles. The third-order valence-corrected chi connectivity index (χ3v) is 3.82. The first-order chi connectivity index (χ1) is 9.52. The van der Waals surface area contributed by atoms with E-state index in [1.807, 2.05) is 16.8 Å². The van der Waals surface area contributed by atoms with E-state index in [2.05, 4.69) is 22.9 Å². The smallest absolute Gasteiger partial charge is 0.270 e. The SMILES string of the molecule is CCCCN(CC(N)=O)C(=O)c1cc(Br)cn1C1CC1. The van der Waals surface area contributed by atoms with Crippen molar-refractivity contribution >= 4 is 27.7 Å². The molecule has 1 aliphatic carbocycles. The van der Waals surface area contributed by atoms with Crippen LogP contribution in [0.3, 0.4) is 0 Å². The van der Waals surface area contributed by atoms with Gasteiger partial charge in [0.2, 0.25) is 5.91 Å². The van der Waals surface area contributed by atoms with Gasteiger partial charge in [-0.3, -0.25) is 9.59 Å². The summed E-state index contributed by atoms with van der Waals surface area (Å²) in [6.45, 7) is 2.59. The van der Waals surface area contributed by atoms with Crippen molar-refractivity contribution in [3.63, 3.8) is 0 Å². The van der Waals surface area contributed by atoms with Gasteiger partial charge < -0.3 is 15.2 Å². The summed E-state index contributed by atoms with van der Waals surface area (Å²) >= 11 is 3.42. The molecule has 6 heteroatoms. The van der Waals surface area contributed by atoms with Gasteiger partial charge in [-0.15, -0.1) is 0 Å². The second-order valence-electron chi connectivity index (χ2n) is 5.23. The molecule has 0 radical (unpaired) electrons. The lowest BCUT2D eigenvalue weighted by molar-refractivity contribution is -0.118. The summed E-state index contributed by atoms with van der Waals surface area (Å²) in [5.74, 6) is -0.590. The summed E-state index contributed by atoms with van der Waals surface area (Å²) in [4.78, 5) is 25.3. The molecule has 2 rings (SSSR count). The number of unbranched alkanes of at least 4 members (excludes halogenated alkanes) is 1. The third kappa shape index (κ3) is 3.62. The molecule has 2 N–H and O–H groups in total. The van der Waals surface area contributed by atoms with Crippen LogP contribution in [0.25, 0.3) is 0 Å². The van der Waals surface area contributed by atoms with E-state index in [1.165, 1.54) is 0 Å². The van der Waals surface area contributed by atoms with E-state index in [9.17, 15) is 9.59 Å². The van der Waals surface area contributed by atoms with Crippen molar-refractivity contribution in [2.75, 3.05) is 13.1 Å². The summed E-state index contributed by atoms with van der Waals surface area (Å²) in [6.07, 6.45) is 5.98. The van der Waals surface area contributed by atoms with E-state index < -0.39 is 5.91 Å². The van der Waals surface area contributed by atoms with Crippen molar-refractivity contribution < 1.29 is 9.59 Å². The van der Waals surface area contributed by atoms with Gasteiger partial charge in [-0.25, -0.2) is 0 Å². The van der Waals surface area contributed by atoms with Gasteiger partial charge in [-0.05, 0) is 41.3 Å². The Morgan fingerprint density at radius 3 is 2.75 bits per heavy atom. The van der Waals surface area contributed by atoms with E-state index in [4.69, 9.17) is 5.73 Å². The fourth-order valence-corrected chi connectivity index (χ4v) is 2.66. The number of aromatic nitrogens is 1. The van der Waals surface area contributed by atoms with Crippen LogP contribution in [0.1, 0.15) is 49.1 Å². The van der Waals surface area contributed by atoms with Crippen LogP contribution < -0.4 is 5.73 Å². The van der Waals surface area contributed by atoms with Crippen LogP contribution in [0.5, 0.6) is 0 Å². The van der Waals surface area contributed by atoms with Crippen LogP contribution in [0.4, 0.5) is 0 Å². The highest BCUT2D eigenvalue weighted by atomic mass is 79.9. The maximum atomic E-state index is 12.6. The van der Waals surface area contributed by atoms with Crippen LogP contribution in [0.15, 0.2) is 16.7 Å². The Morgan fingerprint density at radius 2 is 2.20 bits per heavy atom. The Hall–Kier alpha value is -1.30. The average Bonchev–Trinajstić information content (AvgIpc) is 3.16. The average molecular weight is 342 g/mol. The second-order valence-corrected chi connectivity index (χ2v) is 6.14. The monoisotopic (exact) mass is 341 g/mol. The molecule has 0 bridgehead atoms. The number of nitrogens with two attached hydrogens (primary N) is 1. The van der Waals surface area contributed by atoms with Gasteiger partial charge in [0.15, 0.2) is 0 Å². The van der Waals surface area contributed by atoms with E-state index >= 15 is 0 Å². The highest BCUT2D eigenvalue weighted by Crippen LogP contribution is 2.37. The minimum absolute atomic E-state index is 0.0215. The first-order valence-electron chi connectivity index (χ1n) is 6.98.